The van der Waals surface area contributed by atoms with Gasteiger partial charge in [0.05, 0.1) is 4.75 Å². The number of ether oxygens (including phenoxy) is 1. The Kier molecular flexibility index (Phi) is 6.22. The van der Waals surface area contributed by atoms with Crippen molar-refractivity contribution in [3.05, 3.63) is 42.0 Å². The second kappa shape index (κ2) is 8.44. The maximum absolute atomic E-state index is 12.4. The first kappa shape index (κ1) is 19.9. The van der Waals surface area contributed by atoms with Crippen LogP contribution in [0.2, 0.25) is 0 Å². The van der Waals surface area contributed by atoms with Gasteiger partial charge in [0.2, 0.25) is 0 Å². The summed E-state index contributed by atoms with van der Waals surface area (Å²) in [4.78, 5) is 6.55. The molecule has 1 aromatic rings. The van der Waals surface area contributed by atoms with Crippen LogP contribution in [0.15, 0.2) is 41.4 Å². The van der Waals surface area contributed by atoms with Crippen molar-refractivity contribution in [2.45, 2.75) is 24.0 Å². The largest absolute Gasteiger partial charge is 0.381 e. The van der Waals surface area contributed by atoms with Crippen molar-refractivity contribution in [2.75, 3.05) is 46.2 Å². The van der Waals surface area contributed by atoms with Gasteiger partial charge in [-0.1, -0.05) is 36.4 Å². The molecule has 1 aromatic carbocycles. The van der Waals surface area contributed by atoms with Crippen LogP contribution in [0.3, 0.4) is 0 Å². The predicted octanol–water partition coefficient (Wildman–Crippen LogP) is 1.94. The lowest BCUT2D eigenvalue weighted by molar-refractivity contribution is 0.0754. The van der Waals surface area contributed by atoms with Gasteiger partial charge in [0.15, 0.2) is 15.8 Å². The van der Waals surface area contributed by atoms with E-state index >= 15 is 0 Å². The molecule has 1 saturated heterocycles. The molecule has 0 atom stereocenters. The van der Waals surface area contributed by atoms with Crippen LogP contribution in [0.1, 0.15) is 24.8 Å². The quantitative estimate of drug-likeness (QED) is 0.627. The summed E-state index contributed by atoms with van der Waals surface area (Å²) in [6, 6.07) is 10.4. The molecule has 0 saturated carbocycles. The molecule has 2 aliphatic rings. The van der Waals surface area contributed by atoms with Crippen molar-refractivity contribution in [3.8, 4) is 0 Å². The summed E-state index contributed by atoms with van der Waals surface area (Å²) < 4.78 is 29.5. The number of hydrogen-bond acceptors (Lipinski definition) is 4. The topological polar surface area (TPSA) is 71.0 Å². The van der Waals surface area contributed by atoms with Crippen LogP contribution in [-0.4, -0.2) is 70.2 Å². The van der Waals surface area contributed by atoms with Crippen LogP contribution in [0.25, 0.3) is 5.57 Å². The van der Waals surface area contributed by atoms with Crippen LogP contribution in [-0.2, 0) is 14.6 Å². The van der Waals surface area contributed by atoms with Crippen molar-refractivity contribution in [1.82, 2.24) is 10.2 Å². The van der Waals surface area contributed by atoms with E-state index < -0.39 is 14.6 Å². The van der Waals surface area contributed by atoms with Crippen LogP contribution in [0.4, 0.5) is 0 Å². The van der Waals surface area contributed by atoms with Crippen molar-refractivity contribution in [2.24, 2.45) is 4.99 Å². The van der Waals surface area contributed by atoms with E-state index in [2.05, 4.69) is 45.6 Å². The highest BCUT2D eigenvalue weighted by atomic mass is 32.2. The lowest BCUT2D eigenvalue weighted by Gasteiger charge is -2.37. The number of guanidine groups is 1. The lowest BCUT2D eigenvalue weighted by atomic mass is 9.98. The number of nitrogens with one attached hydrogen (secondary N) is 1. The molecule has 2 heterocycles. The second-order valence-corrected chi connectivity index (χ2v) is 9.67. The van der Waals surface area contributed by atoms with Crippen LogP contribution < -0.4 is 5.32 Å². The molecule has 27 heavy (non-hydrogen) atoms. The minimum Gasteiger partial charge on any atom is -0.381 e. The van der Waals surface area contributed by atoms with Gasteiger partial charge in [0, 0.05) is 46.2 Å². The monoisotopic (exact) mass is 391 g/mol. The third kappa shape index (κ3) is 4.52. The molecule has 0 amide bonds. The molecule has 7 heteroatoms. The average molecular weight is 392 g/mol. The van der Waals surface area contributed by atoms with E-state index in [4.69, 9.17) is 4.74 Å². The molecule has 0 bridgehead atoms. The maximum atomic E-state index is 12.4. The van der Waals surface area contributed by atoms with Crippen molar-refractivity contribution < 1.29 is 13.2 Å². The van der Waals surface area contributed by atoms with Gasteiger partial charge in [-0.15, -0.1) is 0 Å². The van der Waals surface area contributed by atoms with E-state index in [0.717, 1.165) is 25.5 Å². The van der Waals surface area contributed by atoms with Gasteiger partial charge >= 0.3 is 0 Å². The lowest BCUT2D eigenvalue weighted by Crippen LogP contribution is -2.54. The molecule has 1 N–H and O–H groups in total. The molecule has 0 aromatic heterocycles. The minimum absolute atomic E-state index is 0.369. The van der Waals surface area contributed by atoms with E-state index in [1.54, 1.807) is 7.05 Å². The summed E-state index contributed by atoms with van der Waals surface area (Å²) in [5.74, 6) is 0.757. The zero-order chi connectivity index (χ0) is 19.3. The van der Waals surface area contributed by atoms with Gasteiger partial charge in [-0.2, -0.15) is 0 Å². The Morgan fingerprint density at radius 3 is 2.52 bits per heavy atom. The molecule has 6 nitrogen and oxygen atoms in total. The van der Waals surface area contributed by atoms with Gasteiger partial charge in [0.25, 0.3) is 0 Å². The third-order valence-corrected chi connectivity index (χ3v) is 7.75. The van der Waals surface area contributed by atoms with Crippen LogP contribution in [0.5, 0.6) is 0 Å². The predicted molar refractivity (Wildman–Crippen MR) is 110 cm³/mol. The minimum atomic E-state index is -3.19. The van der Waals surface area contributed by atoms with E-state index in [-0.39, 0.29) is 0 Å². The molecule has 0 spiro atoms. The van der Waals surface area contributed by atoms with Crippen molar-refractivity contribution in [1.29, 1.82) is 0 Å². The Labute approximate surface area is 162 Å². The third-order valence-electron chi connectivity index (χ3n) is 5.62. The Bertz CT molecular complexity index is 797. The van der Waals surface area contributed by atoms with Crippen molar-refractivity contribution >= 4 is 21.4 Å². The van der Waals surface area contributed by atoms with Crippen molar-refractivity contribution in [3.63, 3.8) is 0 Å². The van der Waals surface area contributed by atoms with Gasteiger partial charge < -0.3 is 15.0 Å². The first-order chi connectivity index (χ1) is 13.0. The maximum Gasteiger partial charge on any atom is 0.193 e. The standard InChI is InChI=1S/C20H29N3O3S/c1-21-19(22-16-20(27(2,24)25)10-14-26-15-11-20)23-12-8-18(9-13-23)17-6-4-3-5-7-17/h3-8H,9-16H2,1-2H3,(H,21,22). The van der Waals surface area contributed by atoms with E-state index in [1.165, 1.54) is 17.4 Å². The van der Waals surface area contributed by atoms with Gasteiger partial charge in [-0.3, -0.25) is 4.99 Å². The molecule has 3 rings (SSSR count). The van der Waals surface area contributed by atoms with Gasteiger partial charge in [-0.05, 0) is 30.4 Å². The average Bonchev–Trinajstić information content (AvgIpc) is 2.69. The van der Waals surface area contributed by atoms with E-state index in [9.17, 15) is 8.42 Å². The zero-order valence-corrected chi connectivity index (χ0v) is 17.0. The summed E-state index contributed by atoms with van der Waals surface area (Å²) in [5, 5.41) is 3.32. The highest BCUT2D eigenvalue weighted by Crippen LogP contribution is 2.29. The SMILES string of the molecule is CN=C(NCC1(S(C)(=O)=O)CCOCC1)N1CC=C(c2ccccc2)CC1. The van der Waals surface area contributed by atoms with Crippen LogP contribution in [0, 0.1) is 0 Å². The Morgan fingerprint density at radius 2 is 1.96 bits per heavy atom. The molecule has 0 aliphatic carbocycles. The Hall–Kier alpha value is -1.86. The summed E-state index contributed by atoms with van der Waals surface area (Å²) in [7, 11) is -1.45. The number of aliphatic imine (C=N–C) groups is 1. The first-order valence-electron chi connectivity index (χ1n) is 9.43. The molecule has 0 radical (unpaired) electrons. The fourth-order valence-electron chi connectivity index (χ4n) is 3.77. The molecule has 2 aliphatic heterocycles. The smallest absolute Gasteiger partial charge is 0.193 e. The number of nitrogens with zero attached hydrogens (tertiary/aromatic N) is 2. The van der Waals surface area contributed by atoms with Gasteiger partial charge in [0.1, 0.15) is 0 Å². The highest BCUT2D eigenvalue weighted by Gasteiger charge is 2.42. The summed E-state index contributed by atoms with van der Waals surface area (Å²) in [5.41, 5.74) is 2.61. The highest BCUT2D eigenvalue weighted by molar-refractivity contribution is 7.92. The number of hydrogen-bond donors (Lipinski definition) is 1. The summed E-state index contributed by atoms with van der Waals surface area (Å²) in [6.07, 6.45) is 5.54. The number of rotatable bonds is 4. The van der Waals surface area contributed by atoms with Crippen LogP contribution >= 0.6 is 0 Å². The number of benzene rings is 1. The van der Waals surface area contributed by atoms with E-state index in [1.807, 2.05) is 6.07 Å². The normalized spacial score (nSPS) is 20.9. The molecule has 1 fully saturated rings. The van der Waals surface area contributed by atoms with Gasteiger partial charge in [-0.25, -0.2) is 8.42 Å². The Balaban J connectivity index is 1.65. The fourth-order valence-corrected chi connectivity index (χ4v) is 5.01. The molecular formula is C20H29N3O3S. The van der Waals surface area contributed by atoms with E-state index in [0.29, 0.717) is 32.6 Å². The zero-order valence-electron chi connectivity index (χ0n) is 16.1. The molecule has 148 valence electrons. The summed E-state index contributed by atoms with van der Waals surface area (Å²) >= 11 is 0. The molecular weight excluding hydrogens is 362 g/mol. The molecule has 0 unspecified atom stereocenters. The second-order valence-electron chi connectivity index (χ2n) is 7.26. The number of sulfone groups is 1. The Morgan fingerprint density at radius 1 is 1.26 bits per heavy atom. The first-order valence-corrected chi connectivity index (χ1v) is 11.3. The summed E-state index contributed by atoms with van der Waals surface area (Å²) in [6.45, 7) is 2.96. The fraction of sp³-hybridized carbons (Fsp3) is 0.550.